The number of ether oxygens (including phenoxy) is 1. The molecule has 0 radical (unpaired) electrons. The standard InChI is InChI=1S/C29H34FN3O4/c1-3-37-29(36)27-20(2)33(26(34)18-24(27)23-8-4-5-9-25(23)30)19-21-10-12-22(13-11-21)28(35)31-14-17-32-15-6-7-16-32/h4-5,8-13,24H,3,6-7,14-19H2,1-2H3,(H,31,35). The molecule has 37 heavy (non-hydrogen) atoms. The first kappa shape index (κ1) is 26.5. The van der Waals surface area contributed by atoms with Crippen LogP contribution in [0.1, 0.15) is 60.5 Å². The van der Waals surface area contributed by atoms with Gasteiger partial charge in [0, 0.05) is 36.7 Å². The second kappa shape index (κ2) is 12.1. The predicted molar refractivity (Wildman–Crippen MR) is 138 cm³/mol. The lowest BCUT2D eigenvalue weighted by Gasteiger charge is -2.34. The molecule has 1 fully saturated rings. The fraction of sp³-hybridized carbons (Fsp3) is 0.414. The summed E-state index contributed by atoms with van der Waals surface area (Å²) in [6.45, 7) is 7.44. The number of nitrogens with one attached hydrogen (secondary N) is 1. The monoisotopic (exact) mass is 507 g/mol. The van der Waals surface area contributed by atoms with Gasteiger partial charge in [0.15, 0.2) is 0 Å². The van der Waals surface area contributed by atoms with Crippen LogP contribution in [0.25, 0.3) is 0 Å². The van der Waals surface area contributed by atoms with Gasteiger partial charge in [0.2, 0.25) is 5.91 Å². The van der Waals surface area contributed by atoms with Crippen molar-refractivity contribution in [2.75, 3.05) is 32.8 Å². The number of hydrogen-bond acceptors (Lipinski definition) is 5. The zero-order valence-corrected chi connectivity index (χ0v) is 21.5. The van der Waals surface area contributed by atoms with Gasteiger partial charge in [0.05, 0.1) is 18.7 Å². The summed E-state index contributed by atoms with van der Waals surface area (Å²) >= 11 is 0. The molecule has 2 aliphatic rings. The number of hydrogen-bond donors (Lipinski definition) is 1. The summed E-state index contributed by atoms with van der Waals surface area (Å²) in [5, 5.41) is 2.96. The number of benzene rings is 2. The van der Waals surface area contributed by atoms with E-state index in [1.165, 1.54) is 23.8 Å². The summed E-state index contributed by atoms with van der Waals surface area (Å²) < 4.78 is 19.9. The van der Waals surface area contributed by atoms with Crippen LogP contribution in [0.3, 0.4) is 0 Å². The maximum Gasteiger partial charge on any atom is 0.336 e. The SMILES string of the molecule is CCOC(=O)C1=C(C)N(Cc2ccc(C(=O)NCCN3CCCC3)cc2)C(=O)CC1c1ccccc1F. The Bertz CT molecular complexity index is 1170. The Morgan fingerprint density at radius 2 is 1.78 bits per heavy atom. The molecule has 1 atom stereocenters. The van der Waals surface area contributed by atoms with Crippen molar-refractivity contribution >= 4 is 17.8 Å². The number of allylic oxidation sites excluding steroid dienone is 1. The van der Waals surface area contributed by atoms with Gasteiger partial charge >= 0.3 is 5.97 Å². The maximum absolute atomic E-state index is 14.6. The minimum Gasteiger partial charge on any atom is -0.463 e. The van der Waals surface area contributed by atoms with Crippen molar-refractivity contribution in [2.24, 2.45) is 0 Å². The fourth-order valence-electron chi connectivity index (χ4n) is 5.08. The number of amides is 2. The first-order chi connectivity index (χ1) is 17.9. The Hall–Kier alpha value is -3.52. The number of esters is 1. The number of likely N-dealkylation sites (tertiary alicyclic amines) is 1. The van der Waals surface area contributed by atoms with E-state index in [2.05, 4.69) is 10.2 Å². The Kier molecular flexibility index (Phi) is 8.71. The fourth-order valence-corrected chi connectivity index (χ4v) is 5.08. The molecule has 8 heteroatoms. The van der Waals surface area contributed by atoms with Gasteiger partial charge in [0.1, 0.15) is 5.82 Å². The van der Waals surface area contributed by atoms with Gasteiger partial charge in [-0.3, -0.25) is 9.59 Å². The van der Waals surface area contributed by atoms with Crippen molar-refractivity contribution in [2.45, 2.75) is 45.6 Å². The molecule has 2 amide bonds. The van der Waals surface area contributed by atoms with Gasteiger partial charge in [-0.25, -0.2) is 9.18 Å². The van der Waals surface area contributed by atoms with E-state index < -0.39 is 17.7 Å². The summed E-state index contributed by atoms with van der Waals surface area (Å²) in [5.41, 5.74) is 2.41. The van der Waals surface area contributed by atoms with E-state index in [0.717, 1.165) is 25.2 Å². The number of carbonyl (C=O) groups is 3. The normalized spacial score (nSPS) is 18.3. The summed E-state index contributed by atoms with van der Waals surface area (Å²) in [6.07, 6.45) is 2.40. The first-order valence-corrected chi connectivity index (χ1v) is 12.9. The summed E-state index contributed by atoms with van der Waals surface area (Å²) in [7, 11) is 0. The molecule has 196 valence electrons. The molecule has 0 saturated carbocycles. The summed E-state index contributed by atoms with van der Waals surface area (Å²) in [6, 6.07) is 13.3. The van der Waals surface area contributed by atoms with E-state index in [0.29, 0.717) is 28.9 Å². The Labute approximate surface area is 217 Å². The van der Waals surface area contributed by atoms with Crippen molar-refractivity contribution in [3.63, 3.8) is 0 Å². The van der Waals surface area contributed by atoms with E-state index in [-0.39, 0.29) is 31.4 Å². The number of nitrogens with zero attached hydrogens (tertiary/aromatic N) is 2. The van der Waals surface area contributed by atoms with E-state index in [1.54, 1.807) is 44.2 Å². The van der Waals surface area contributed by atoms with Gasteiger partial charge in [-0.1, -0.05) is 30.3 Å². The highest BCUT2D eigenvalue weighted by atomic mass is 19.1. The first-order valence-electron chi connectivity index (χ1n) is 12.9. The van der Waals surface area contributed by atoms with Crippen molar-refractivity contribution in [3.8, 4) is 0 Å². The van der Waals surface area contributed by atoms with Crippen LogP contribution in [0, 0.1) is 5.82 Å². The molecule has 2 aromatic rings. The third-order valence-corrected chi connectivity index (χ3v) is 7.07. The summed E-state index contributed by atoms with van der Waals surface area (Å²) in [4.78, 5) is 42.5. The van der Waals surface area contributed by atoms with Crippen LogP contribution < -0.4 is 5.32 Å². The minimum atomic E-state index is -0.712. The third-order valence-electron chi connectivity index (χ3n) is 7.07. The quantitative estimate of drug-likeness (QED) is 0.519. The van der Waals surface area contributed by atoms with Gasteiger partial charge in [0.25, 0.3) is 5.91 Å². The van der Waals surface area contributed by atoms with Crippen molar-refractivity contribution in [1.82, 2.24) is 15.1 Å². The lowest BCUT2D eigenvalue weighted by Crippen LogP contribution is -2.38. The molecular weight excluding hydrogens is 473 g/mol. The van der Waals surface area contributed by atoms with Crippen molar-refractivity contribution in [1.29, 1.82) is 0 Å². The van der Waals surface area contributed by atoms with Gasteiger partial charge in [-0.2, -0.15) is 0 Å². The molecule has 0 aliphatic carbocycles. The van der Waals surface area contributed by atoms with Crippen LogP contribution >= 0.6 is 0 Å². The Morgan fingerprint density at radius 1 is 1.08 bits per heavy atom. The lowest BCUT2D eigenvalue weighted by molar-refractivity contribution is -0.140. The molecule has 0 aromatic heterocycles. The smallest absolute Gasteiger partial charge is 0.336 e. The van der Waals surface area contributed by atoms with E-state index in [4.69, 9.17) is 4.74 Å². The zero-order chi connectivity index (χ0) is 26.4. The number of rotatable bonds is 9. The average Bonchev–Trinajstić information content (AvgIpc) is 3.40. The molecular formula is C29H34FN3O4. The van der Waals surface area contributed by atoms with Crippen LogP contribution in [0.2, 0.25) is 0 Å². The highest BCUT2D eigenvalue weighted by molar-refractivity contribution is 5.96. The zero-order valence-electron chi connectivity index (χ0n) is 21.5. The molecule has 2 aliphatic heterocycles. The second-order valence-corrected chi connectivity index (χ2v) is 9.48. The van der Waals surface area contributed by atoms with Crippen LogP contribution in [-0.2, 0) is 20.9 Å². The highest BCUT2D eigenvalue weighted by Gasteiger charge is 2.38. The molecule has 2 heterocycles. The second-order valence-electron chi connectivity index (χ2n) is 9.48. The molecule has 0 bridgehead atoms. The molecule has 0 spiro atoms. The topological polar surface area (TPSA) is 79.0 Å². The minimum absolute atomic E-state index is 0.0378. The van der Waals surface area contributed by atoms with Crippen LogP contribution in [0.15, 0.2) is 59.8 Å². The van der Waals surface area contributed by atoms with Crippen LogP contribution in [0.4, 0.5) is 4.39 Å². The molecule has 1 saturated heterocycles. The van der Waals surface area contributed by atoms with Gasteiger partial charge < -0.3 is 19.9 Å². The molecule has 2 aromatic carbocycles. The number of halogens is 1. The van der Waals surface area contributed by atoms with E-state index in [1.807, 2.05) is 12.1 Å². The van der Waals surface area contributed by atoms with Crippen molar-refractivity contribution in [3.05, 3.63) is 82.3 Å². The maximum atomic E-state index is 14.6. The third kappa shape index (κ3) is 6.25. The van der Waals surface area contributed by atoms with Crippen molar-refractivity contribution < 1.29 is 23.5 Å². The Balaban J connectivity index is 1.48. The molecule has 4 rings (SSSR count). The largest absolute Gasteiger partial charge is 0.463 e. The molecule has 1 N–H and O–H groups in total. The van der Waals surface area contributed by atoms with Gasteiger partial charge in [-0.05, 0) is 69.1 Å². The summed E-state index contributed by atoms with van der Waals surface area (Å²) in [5.74, 6) is -2.06. The molecule has 7 nitrogen and oxygen atoms in total. The Morgan fingerprint density at radius 3 is 2.46 bits per heavy atom. The van der Waals surface area contributed by atoms with Gasteiger partial charge in [-0.15, -0.1) is 0 Å². The lowest BCUT2D eigenvalue weighted by atomic mass is 9.83. The predicted octanol–water partition coefficient (Wildman–Crippen LogP) is 4.00. The highest BCUT2D eigenvalue weighted by Crippen LogP contribution is 2.38. The number of carbonyl (C=O) groups excluding carboxylic acids is 3. The van der Waals surface area contributed by atoms with Crippen LogP contribution in [-0.4, -0.2) is 60.4 Å². The molecule has 1 unspecified atom stereocenters. The average molecular weight is 508 g/mol. The van der Waals surface area contributed by atoms with E-state index >= 15 is 0 Å². The van der Waals surface area contributed by atoms with E-state index in [9.17, 15) is 18.8 Å². The van der Waals surface area contributed by atoms with Crippen LogP contribution in [0.5, 0.6) is 0 Å².